The number of nitrogens with one attached hydrogen (secondary N) is 2. The molecular weight excluding hydrogens is 527 g/mol. The maximum Gasteiger partial charge on any atom is 0.191 e. The zero-order chi connectivity index (χ0) is 22.0. The van der Waals surface area contributed by atoms with Crippen LogP contribution in [0.15, 0.2) is 72.0 Å². The van der Waals surface area contributed by atoms with Crippen molar-refractivity contribution >= 4 is 29.9 Å². The number of hydrogen-bond donors (Lipinski definition) is 2. The molecule has 1 fully saturated rings. The molecule has 1 aliphatic rings. The van der Waals surface area contributed by atoms with Gasteiger partial charge in [0.2, 0.25) is 0 Å². The summed E-state index contributed by atoms with van der Waals surface area (Å²) in [5.41, 5.74) is 4.91. The van der Waals surface area contributed by atoms with Crippen LogP contribution in [0.5, 0.6) is 0 Å². The quantitative estimate of drug-likeness (QED) is 0.252. The van der Waals surface area contributed by atoms with Crippen molar-refractivity contribution in [2.75, 3.05) is 39.9 Å². The molecule has 3 aromatic rings. The Balaban J connectivity index is 0.00000306. The monoisotopic (exact) mass is 560 g/mol. The van der Waals surface area contributed by atoms with Gasteiger partial charge in [0.05, 0.1) is 25.1 Å². The third-order valence-electron chi connectivity index (χ3n) is 5.65. The van der Waals surface area contributed by atoms with Crippen LogP contribution >= 0.6 is 24.0 Å². The fraction of sp³-hybridized carbons (Fsp3) is 0.360. The fourth-order valence-electron chi connectivity index (χ4n) is 3.82. The van der Waals surface area contributed by atoms with Gasteiger partial charge >= 0.3 is 0 Å². The second-order valence-electron chi connectivity index (χ2n) is 7.89. The molecule has 1 saturated heterocycles. The Kier molecular flexibility index (Phi) is 10.2. The number of rotatable bonds is 8. The minimum absolute atomic E-state index is 0. The number of guanidine groups is 1. The van der Waals surface area contributed by atoms with Crippen molar-refractivity contribution in [2.45, 2.75) is 19.5 Å². The molecule has 33 heavy (non-hydrogen) atoms. The van der Waals surface area contributed by atoms with Gasteiger partial charge in [-0.15, -0.1) is 24.0 Å². The zero-order valence-corrected chi connectivity index (χ0v) is 21.4. The smallest absolute Gasteiger partial charge is 0.191 e. The molecule has 0 atom stereocenters. The highest BCUT2D eigenvalue weighted by Gasteiger charge is 2.12. The predicted octanol–water partition coefficient (Wildman–Crippen LogP) is 3.23. The molecular formula is C25H33IN6O. The second kappa shape index (κ2) is 13.3. The molecule has 176 valence electrons. The average molecular weight is 560 g/mol. The molecule has 7 nitrogen and oxygen atoms in total. The molecule has 8 heteroatoms. The minimum Gasteiger partial charge on any atom is -0.379 e. The Hall–Kier alpha value is -2.43. The van der Waals surface area contributed by atoms with Crippen molar-refractivity contribution in [3.05, 3.63) is 83.7 Å². The number of nitrogens with zero attached hydrogens (tertiary/aromatic N) is 4. The van der Waals surface area contributed by atoms with Crippen LogP contribution in [0.3, 0.4) is 0 Å². The summed E-state index contributed by atoms with van der Waals surface area (Å²) in [6.07, 6.45) is 4.88. The van der Waals surface area contributed by atoms with Crippen LogP contribution in [0.25, 0.3) is 5.69 Å². The van der Waals surface area contributed by atoms with E-state index in [0.29, 0.717) is 0 Å². The maximum atomic E-state index is 5.47. The summed E-state index contributed by atoms with van der Waals surface area (Å²) in [7, 11) is 1.81. The van der Waals surface area contributed by atoms with E-state index in [2.05, 4.69) is 68.2 Å². The molecule has 0 bridgehead atoms. The predicted molar refractivity (Wildman–Crippen MR) is 143 cm³/mol. The highest BCUT2D eigenvalue weighted by molar-refractivity contribution is 14.0. The van der Waals surface area contributed by atoms with Gasteiger partial charge in [-0.25, -0.2) is 4.68 Å². The lowest BCUT2D eigenvalue weighted by Gasteiger charge is -2.27. The largest absolute Gasteiger partial charge is 0.379 e. The van der Waals surface area contributed by atoms with Gasteiger partial charge in [-0.1, -0.05) is 42.5 Å². The first-order valence-electron chi connectivity index (χ1n) is 11.2. The average Bonchev–Trinajstić information content (AvgIpc) is 3.32. The Morgan fingerprint density at radius 3 is 2.48 bits per heavy atom. The topological polar surface area (TPSA) is 66.7 Å². The number of benzene rings is 2. The number of para-hydroxylation sites is 1. The van der Waals surface area contributed by atoms with Crippen molar-refractivity contribution in [3.63, 3.8) is 0 Å². The van der Waals surface area contributed by atoms with Gasteiger partial charge in [-0.3, -0.25) is 9.89 Å². The van der Waals surface area contributed by atoms with Gasteiger partial charge in [0.15, 0.2) is 5.96 Å². The molecule has 2 aromatic carbocycles. The SMILES string of the molecule is CN=C(NCCc1cnn(-c2ccccc2)c1)NCc1ccccc1CN1CCOCC1.I. The van der Waals surface area contributed by atoms with Crippen LogP contribution < -0.4 is 10.6 Å². The highest BCUT2D eigenvalue weighted by Crippen LogP contribution is 2.13. The van der Waals surface area contributed by atoms with E-state index in [0.717, 1.165) is 64.0 Å². The summed E-state index contributed by atoms with van der Waals surface area (Å²) in [5, 5.41) is 11.3. The van der Waals surface area contributed by atoms with Gasteiger partial charge in [0, 0.05) is 46.0 Å². The number of ether oxygens (including phenoxy) is 1. The third-order valence-corrected chi connectivity index (χ3v) is 5.65. The Morgan fingerprint density at radius 1 is 1.00 bits per heavy atom. The van der Waals surface area contributed by atoms with Crippen LogP contribution in [0, 0.1) is 0 Å². The zero-order valence-electron chi connectivity index (χ0n) is 19.1. The first-order valence-corrected chi connectivity index (χ1v) is 11.2. The minimum atomic E-state index is 0. The molecule has 1 aliphatic heterocycles. The standard InChI is InChI=1S/C25H32N6O.HI/c1-26-25(27-12-11-21-17-29-31(19-21)24-9-3-2-4-10-24)28-18-22-7-5-6-8-23(22)20-30-13-15-32-16-14-30;/h2-10,17,19H,11-16,18,20H2,1H3,(H2,26,27,28);1H. The van der Waals surface area contributed by atoms with E-state index in [4.69, 9.17) is 4.74 Å². The molecule has 0 aliphatic carbocycles. The van der Waals surface area contributed by atoms with E-state index < -0.39 is 0 Å². The third kappa shape index (κ3) is 7.55. The summed E-state index contributed by atoms with van der Waals surface area (Å²) < 4.78 is 7.38. The number of aromatic nitrogens is 2. The van der Waals surface area contributed by atoms with Crippen molar-refractivity contribution in [2.24, 2.45) is 4.99 Å². The van der Waals surface area contributed by atoms with Crippen LogP contribution in [0.4, 0.5) is 0 Å². The summed E-state index contributed by atoms with van der Waals surface area (Å²) in [6, 6.07) is 18.8. The van der Waals surface area contributed by atoms with E-state index in [9.17, 15) is 0 Å². The van der Waals surface area contributed by atoms with Gasteiger partial charge in [0.25, 0.3) is 0 Å². The number of hydrogen-bond acceptors (Lipinski definition) is 4. The molecule has 0 amide bonds. The summed E-state index contributed by atoms with van der Waals surface area (Å²) in [6.45, 7) is 6.11. The molecule has 4 rings (SSSR count). The van der Waals surface area contributed by atoms with E-state index >= 15 is 0 Å². The summed E-state index contributed by atoms with van der Waals surface area (Å²) in [4.78, 5) is 6.83. The summed E-state index contributed by atoms with van der Waals surface area (Å²) in [5.74, 6) is 0.807. The molecule has 0 saturated carbocycles. The van der Waals surface area contributed by atoms with E-state index in [1.807, 2.05) is 36.1 Å². The normalized spacial score (nSPS) is 14.5. The van der Waals surface area contributed by atoms with Crippen molar-refractivity contribution in [3.8, 4) is 5.69 Å². The Morgan fingerprint density at radius 2 is 1.73 bits per heavy atom. The van der Waals surface area contributed by atoms with Crippen LogP contribution in [0.1, 0.15) is 16.7 Å². The number of halogens is 1. The van der Waals surface area contributed by atoms with E-state index in [1.165, 1.54) is 16.7 Å². The van der Waals surface area contributed by atoms with Crippen molar-refractivity contribution in [1.29, 1.82) is 0 Å². The van der Waals surface area contributed by atoms with Gasteiger partial charge in [-0.05, 0) is 35.2 Å². The Labute approximate surface area is 213 Å². The van der Waals surface area contributed by atoms with E-state index in [-0.39, 0.29) is 24.0 Å². The van der Waals surface area contributed by atoms with Gasteiger partial charge in [-0.2, -0.15) is 5.10 Å². The summed E-state index contributed by atoms with van der Waals surface area (Å²) >= 11 is 0. The molecule has 0 unspecified atom stereocenters. The van der Waals surface area contributed by atoms with Crippen LogP contribution in [0.2, 0.25) is 0 Å². The number of aliphatic imine (C=N–C) groups is 1. The first kappa shape index (κ1) is 25.2. The number of morpholine rings is 1. The lowest BCUT2D eigenvalue weighted by molar-refractivity contribution is 0.0341. The maximum absolute atomic E-state index is 5.47. The fourth-order valence-corrected chi connectivity index (χ4v) is 3.82. The van der Waals surface area contributed by atoms with Crippen LogP contribution in [-0.4, -0.2) is 60.5 Å². The van der Waals surface area contributed by atoms with Crippen molar-refractivity contribution in [1.82, 2.24) is 25.3 Å². The highest BCUT2D eigenvalue weighted by atomic mass is 127. The molecule has 0 spiro atoms. The molecule has 2 heterocycles. The van der Waals surface area contributed by atoms with Gasteiger partial charge < -0.3 is 15.4 Å². The second-order valence-corrected chi connectivity index (χ2v) is 7.89. The Bertz CT molecular complexity index is 1000. The van der Waals surface area contributed by atoms with Crippen molar-refractivity contribution < 1.29 is 4.74 Å². The lowest BCUT2D eigenvalue weighted by atomic mass is 10.1. The first-order chi connectivity index (χ1) is 15.8. The van der Waals surface area contributed by atoms with Gasteiger partial charge in [0.1, 0.15) is 0 Å². The lowest BCUT2D eigenvalue weighted by Crippen LogP contribution is -2.38. The van der Waals surface area contributed by atoms with E-state index in [1.54, 1.807) is 0 Å². The molecule has 1 aromatic heterocycles. The molecule has 0 radical (unpaired) electrons. The molecule has 2 N–H and O–H groups in total. The van der Waals surface area contributed by atoms with Crippen LogP contribution in [-0.2, 0) is 24.2 Å².